The Morgan fingerprint density at radius 3 is 2.37 bits per heavy atom. The molecule has 0 bridgehead atoms. The molecule has 0 spiro atoms. The lowest BCUT2D eigenvalue weighted by Crippen LogP contribution is -2.55. The van der Waals surface area contributed by atoms with Crippen molar-refractivity contribution in [3.05, 3.63) is 71.0 Å². The Bertz CT molecular complexity index is 1340. The molecule has 1 amide bonds. The zero-order valence-corrected chi connectivity index (χ0v) is 25.2. The number of carbonyl (C=O) groups is 1. The fourth-order valence-corrected chi connectivity index (χ4v) is 4.13. The van der Waals surface area contributed by atoms with Gasteiger partial charge < -0.3 is 30.6 Å². The Balaban J connectivity index is 1.40. The van der Waals surface area contributed by atoms with Crippen molar-refractivity contribution in [2.24, 2.45) is 17.1 Å². The molecule has 0 saturated carbocycles. The number of nitrogens with two attached hydrogens (primary N) is 1. The fourth-order valence-electron chi connectivity index (χ4n) is 3.94. The van der Waals surface area contributed by atoms with E-state index in [1.807, 2.05) is 24.3 Å². The van der Waals surface area contributed by atoms with Gasteiger partial charge in [-0.1, -0.05) is 47.1 Å². The number of hydrogen-bond donors (Lipinski definition) is 3. The first kappa shape index (κ1) is 32.4. The highest BCUT2D eigenvalue weighted by Gasteiger charge is 2.37. The summed E-state index contributed by atoms with van der Waals surface area (Å²) in [5.74, 6) is 1.13. The predicted octanol–water partition coefficient (Wildman–Crippen LogP) is 4.13. The summed E-state index contributed by atoms with van der Waals surface area (Å²) < 4.78 is 54.2. The van der Waals surface area contributed by atoms with E-state index in [1.54, 1.807) is 24.3 Å². The third-order valence-corrected chi connectivity index (χ3v) is 7.76. The van der Waals surface area contributed by atoms with E-state index in [0.29, 0.717) is 50.9 Å². The van der Waals surface area contributed by atoms with Crippen LogP contribution in [0.5, 0.6) is 11.8 Å². The molecule has 14 heteroatoms. The maximum atomic E-state index is 12.8. The summed E-state index contributed by atoms with van der Waals surface area (Å²) in [4.78, 5) is 25.0. The molecule has 2 aromatic carbocycles. The number of nitrogens with zero attached hydrogens (tertiary/aromatic N) is 3. The van der Waals surface area contributed by atoms with E-state index in [1.165, 1.54) is 0 Å². The summed E-state index contributed by atoms with van der Waals surface area (Å²) in [5, 5.41) is 6.76. The first-order chi connectivity index (χ1) is 20.6. The normalized spacial score (nSPS) is 14.8. The highest BCUT2D eigenvalue weighted by atomic mass is 79.9. The van der Waals surface area contributed by atoms with Crippen LogP contribution in [-0.2, 0) is 17.7 Å². The number of ether oxygens (including phenoxy) is 3. The average molecular weight is 668 g/mol. The highest BCUT2D eigenvalue weighted by Crippen LogP contribution is 2.25. The van der Waals surface area contributed by atoms with Crippen molar-refractivity contribution in [1.82, 2.24) is 20.3 Å². The van der Waals surface area contributed by atoms with Crippen LogP contribution in [0.1, 0.15) is 34.2 Å². The number of hydrogen-bond acceptors (Lipinski definition) is 9. The van der Waals surface area contributed by atoms with Crippen LogP contribution in [-0.4, -0.2) is 71.9 Å². The van der Waals surface area contributed by atoms with E-state index in [-0.39, 0.29) is 29.5 Å². The number of alkyl halides is 4. The van der Waals surface area contributed by atoms with Crippen molar-refractivity contribution in [3.8, 4) is 11.8 Å². The Labute approximate surface area is 256 Å². The van der Waals surface area contributed by atoms with Gasteiger partial charge in [0.05, 0.1) is 19.8 Å². The van der Waals surface area contributed by atoms with Crippen molar-refractivity contribution >= 4 is 27.8 Å². The topological polar surface area (TPSA) is 134 Å². The molecule has 3 aromatic rings. The van der Waals surface area contributed by atoms with Gasteiger partial charge in [0.15, 0.2) is 6.61 Å². The molecule has 0 radical (unpaired) electrons. The molecule has 10 nitrogen and oxygen atoms in total. The van der Waals surface area contributed by atoms with Crippen LogP contribution < -0.4 is 25.8 Å². The zero-order valence-electron chi connectivity index (χ0n) is 23.6. The molecule has 4 N–H and O–H groups in total. The van der Waals surface area contributed by atoms with Crippen molar-refractivity contribution in [2.45, 2.75) is 26.1 Å². The summed E-state index contributed by atoms with van der Waals surface area (Å²) in [6.45, 7) is 3.29. The van der Waals surface area contributed by atoms with Crippen LogP contribution in [0, 0.1) is 11.3 Å². The molecule has 1 aliphatic heterocycles. The molecule has 0 unspecified atom stereocenters. The lowest BCUT2D eigenvalue weighted by Gasteiger charge is -2.40. The molecular formula is C29H34BrF3N6O4. The number of carbonyl (C=O) groups excluding carboxylic acids is 1. The molecule has 0 aliphatic carbocycles. The summed E-state index contributed by atoms with van der Waals surface area (Å²) in [7, 11) is 0. The Kier molecular flexibility index (Phi) is 11.2. The first-order valence-electron chi connectivity index (χ1n) is 13.7. The van der Waals surface area contributed by atoms with Gasteiger partial charge in [0.25, 0.3) is 5.91 Å². The zero-order chi connectivity index (χ0) is 30.9. The monoisotopic (exact) mass is 666 g/mol. The largest absolute Gasteiger partial charge is 0.493 e. The summed E-state index contributed by atoms with van der Waals surface area (Å²) in [6, 6.07) is 13.8. The van der Waals surface area contributed by atoms with Crippen LogP contribution in [0.15, 0.2) is 48.5 Å². The lowest BCUT2D eigenvalue weighted by atomic mass is 9.86. The molecule has 1 aromatic heterocycles. The van der Waals surface area contributed by atoms with Gasteiger partial charge in [-0.2, -0.15) is 28.1 Å². The Hall–Kier alpha value is -3.49. The second-order valence-electron chi connectivity index (χ2n) is 10.6. The van der Waals surface area contributed by atoms with Crippen molar-refractivity contribution in [1.29, 1.82) is 0 Å². The van der Waals surface area contributed by atoms with Gasteiger partial charge in [0.2, 0.25) is 5.95 Å². The van der Waals surface area contributed by atoms with Gasteiger partial charge in [0.1, 0.15) is 11.6 Å². The van der Waals surface area contributed by atoms with E-state index in [2.05, 4.69) is 48.4 Å². The van der Waals surface area contributed by atoms with Gasteiger partial charge in [-0.3, -0.25) is 4.79 Å². The van der Waals surface area contributed by atoms with Crippen LogP contribution in [0.4, 0.5) is 19.1 Å². The minimum atomic E-state index is -4.55. The Morgan fingerprint density at radius 1 is 1.07 bits per heavy atom. The minimum Gasteiger partial charge on any atom is -0.493 e. The van der Waals surface area contributed by atoms with Crippen LogP contribution >= 0.6 is 15.9 Å². The van der Waals surface area contributed by atoms with Crippen LogP contribution in [0.3, 0.4) is 0 Å². The third-order valence-electron chi connectivity index (χ3n) is 6.65. The van der Waals surface area contributed by atoms with Crippen LogP contribution in [0.25, 0.3) is 0 Å². The first-order valence-corrected chi connectivity index (χ1v) is 14.8. The van der Waals surface area contributed by atoms with Crippen molar-refractivity contribution in [3.63, 3.8) is 0 Å². The lowest BCUT2D eigenvalue weighted by molar-refractivity contribution is -0.154. The van der Waals surface area contributed by atoms with Gasteiger partial charge in [-0.15, -0.1) is 0 Å². The maximum absolute atomic E-state index is 12.8. The fraction of sp³-hybridized carbons (Fsp3) is 0.448. The van der Waals surface area contributed by atoms with E-state index >= 15 is 0 Å². The summed E-state index contributed by atoms with van der Waals surface area (Å²) in [5.41, 5.74) is 7.66. The standard InChI is InChI=1S/C29H34BrF3N6O4/c1-19(11-30)13-42-23-8-4-21(5-9-23)12-35-26-37-24(38-27(39-26)43-18-29(31,32)33)10-20-2-6-22(7-3-20)25(40)36-15-28(14-34)16-41-17-28/h2-9,19H,10-18,34H2,1H3,(H,36,40)(H,35,37,38,39)/t19-/m0/s1. The molecule has 232 valence electrons. The van der Waals surface area contributed by atoms with Gasteiger partial charge in [0, 0.05) is 42.4 Å². The van der Waals surface area contributed by atoms with E-state index < -0.39 is 18.8 Å². The predicted molar refractivity (Wildman–Crippen MR) is 157 cm³/mol. The molecule has 4 rings (SSSR count). The second kappa shape index (κ2) is 14.8. The molecular weight excluding hydrogens is 633 g/mol. The molecule has 1 fully saturated rings. The molecule has 1 saturated heterocycles. The average Bonchev–Trinajstić information content (AvgIpc) is 2.98. The molecule has 43 heavy (non-hydrogen) atoms. The van der Waals surface area contributed by atoms with Gasteiger partial charge in [-0.05, 0) is 41.3 Å². The maximum Gasteiger partial charge on any atom is 0.422 e. The van der Waals surface area contributed by atoms with E-state index in [9.17, 15) is 18.0 Å². The number of anilines is 1. The van der Waals surface area contributed by atoms with Gasteiger partial charge in [-0.25, -0.2) is 0 Å². The number of rotatable bonds is 15. The number of benzene rings is 2. The summed E-state index contributed by atoms with van der Waals surface area (Å²) in [6.07, 6.45) is -4.38. The third kappa shape index (κ3) is 10.0. The molecule has 2 heterocycles. The minimum absolute atomic E-state index is 0.0680. The molecule has 1 aliphatic rings. The molecule has 1 atom stereocenters. The number of halogens is 4. The van der Waals surface area contributed by atoms with Crippen molar-refractivity contribution < 1.29 is 32.2 Å². The quantitative estimate of drug-likeness (QED) is 0.205. The number of aromatic nitrogens is 3. The Morgan fingerprint density at radius 2 is 1.77 bits per heavy atom. The number of amides is 1. The smallest absolute Gasteiger partial charge is 0.422 e. The second-order valence-corrected chi connectivity index (χ2v) is 11.2. The van der Waals surface area contributed by atoms with Crippen LogP contribution in [0.2, 0.25) is 0 Å². The number of nitrogens with one attached hydrogen (secondary N) is 2. The van der Waals surface area contributed by atoms with E-state index in [4.69, 9.17) is 19.9 Å². The highest BCUT2D eigenvalue weighted by molar-refractivity contribution is 9.09. The van der Waals surface area contributed by atoms with E-state index in [0.717, 1.165) is 22.2 Å². The van der Waals surface area contributed by atoms with Crippen molar-refractivity contribution in [2.75, 3.05) is 50.2 Å². The summed E-state index contributed by atoms with van der Waals surface area (Å²) >= 11 is 3.42. The SMILES string of the molecule is C[C@@H](CBr)COc1ccc(CNc2nc(Cc3ccc(C(=O)NCC4(CN)COC4)cc3)nc(OCC(F)(F)F)n2)cc1. The van der Waals surface area contributed by atoms with Gasteiger partial charge >= 0.3 is 12.2 Å².